The van der Waals surface area contributed by atoms with Crippen molar-refractivity contribution in [1.29, 1.82) is 0 Å². The SMILES string of the molecule is CC(NC(=O)C(CCC(N)=O)NC(=O)C(N)Cc1ccc(O)cc1)C(=O)N1CCCC1C(=O)O. The summed E-state index contributed by atoms with van der Waals surface area (Å²) in [7, 11) is 0. The lowest BCUT2D eigenvalue weighted by atomic mass is 10.0. The van der Waals surface area contributed by atoms with Crippen LogP contribution >= 0.6 is 0 Å². The number of nitrogens with two attached hydrogens (primary N) is 2. The van der Waals surface area contributed by atoms with E-state index in [1.165, 1.54) is 24.0 Å². The number of carboxylic acids is 1. The number of amides is 4. The molecule has 0 radical (unpaired) electrons. The molecule has 4 atom stereocenters. The monoisotopic (exact) mass is 477 g/mol. The van der Waals surface area contributed by atoms with E-state index in [0.717, 1.165) is 0 Å². The van der Waals surface area contributed by atoms with E-state index >= 15 is 0 Å². The number of rotatable bonds is 11. The molecule has 0 bridgehead atoms. The molecule has 0 aromatic heterocycles. The average molecular weight is 478 g/mol. The molecule has 34 heavy (non-hydrogen) atoms. The van der Waals surface area contributed by atoms with E-state index in [0.29, 0.717) is 18.4 Å². The maximum Gasteiger partial charge on any atom is 0.326 e. The van der Waals surface area contributed by atoms with E-state index in [1.54, 1.807) is 12.1 Å². The van der Waals surface area contributed by atoms with E-state index in [9.17, 15) is 34.2 Å². The van der Waals surface area contributed by atoms with Gasteiger partial charge in [0.2, 0.25) is 23.6 Å². The third kappa shape index (κ3) is 7.44. The van der Waals surface area contributed by atoms with Gasteiger partial charge in [-0.25, -0.2) is 4.79 Å². The number of nitrogens with one attached hydrogen (secondary N) is 2. The van der Waals surface area contributed by atoms with Crippen LogP contribution in [0.4, 0.5) is 0 Å². The van der Waals surface area contributed by atoms with Crippen LogP contribution in [0, 0.1) is 0 Å². The number of hydrogen-bond donors (Lipinski definition) is 6. The van der Waals surface area contributed by atoms with Crippen LogP contribution < -0.4 is 22.1 Å². The van der Waals surface area contributed by atoms with Crippen LogP contribution in [0.3, 0.4) is 0 Å². The summed E-state index contributed by atoms with van der Waals surface area (Å²) in [5.41, 5.74) is 11.8. The molecule has 4 unspecified atom stereocenters. The standard InChI is InChI=1S/C22H31N5O7/c1-12(21(32)27-10-2-3-17(27)22(33)34)25-20(31)16(8-9-18(24)29)26-19(30)15(23)11-13-4-6-14(28)7-5-13/h4-7,12,15-17,28H,2-3,8-11,23H2,1H3,(H2,24,29)(H,25,31)(H,26,30)(H,33,34). The van der Waals surface area contributed by atoms with Crippen LogP contribution in [-0.2, 0) is 30.4 Å². The fraction of sp³-hybridized carbons (Fsp3) is 0.500. The summed E-state index contributed by atoms with van der Waals surface area (Å²) in [6, 6.07) is 1.92. The van der Waals surface area contributed by atoms with Gasteiger partial charge in [-0.3, -0.25) is 19.2 Å². The summed E-state index contributed by atoms with van der Waals surface area (Å²) in [6.45, 7) is 1.69. The van der Waals surface area contributed by atoms with Crippen molar-refractivity contribution in [2.75, 3.05) is 6.54 Å². The first-order valence-corrected chi connectivity index (χ1v) is 11.0. The van der Waals surface area contributed by atoms with Crippen LogP contribution in [0.15, 0.2) is 24.3 Å². The molecule has 1 aliphatic rings. The number of phenolic OH excluding ortho intramolecular Hbond substituents is 1. The van der Waals surface area contributed by atoms with Gasteiger partial charge in [0, 0.05) is 13.0 Å². The minimum atomic E-state index is -1.19. The molecule has 12 nitrogen and oxygen atoms in total. The molecule has 4 amide bonds. The summed E-state index contributed by atoms with van der Waals surface area (Å²) in [5, 5.41) is 23.6. The summed E-state index contributed by atoms with van der Waals surface area (Å²) < 4.78 is 0. The van der Waals surface area contributed by atoms with Crippen molar-refractivity contribution in [2.24, 2.45) is 11.5 Å². The number of aliphatic carboxylic acids is 1. The van der Waals surface area contributed by atoms with E-state index in [1.807, 2.05) is 0 Å². The topological polar surface area (TPSA) is 205 Å². The average Bonchev–Trinajstić information content (AvgIpc) is 3.27. The van der Waals surface area contributed by atoms with Gasteiger partial charge in [-0.1, -0.05) is 12.1 Å². The number of carbonyl (C=O) groups is 5. The van der Waals surface area contributed by atoms with Crippen LogP contribution in [0.2, 0.25) is 0 Å². The zero-order chi connectivity index (χ0) is 25.4. The molecule has 1 aliphatic heterocycles. The number of benzene rings is 1. The predicted octanol–water partition coefficient (Wildman–Crippen LogP) is -1.41. The minimum Gasteiger partial charge on any atom is -0.508 e. The predicted molar refractivity (Wildman–Crippen MR) is 120 cm³/mol. The molecule has 1 saturated heterocycles. The molecule has 0 aliphatic carbocycles. The molecule has 0 saturated carbocycles. The van der Waals surface area contributed by atoms with E-state index < -0.39 is 53.8 Å². The van der Waals surface area contributed by atoms with Crippen molar-refractivity contribution in [3.63, 3.8) is 0 Å². The van der Waals surface area contributed by atoms with Crippen LogP contribution in [0.25, 0.3) is 0 Å². The molecule has 186 valence electrons. The number of aromatic hydroxyl groups is 1. The van der Waals surface area contributed by atoms with Crippen LogP contribution in [0.1, 0.15) is 38.2 Å². The zero-order valence-corrected chi connectivity index (χ0v) is 18.9. The first-order valence-electron chi connectivity index (χ1n) is 11.0. The Balaban J connectivity index is 2.02. The van der Waals surface area contributed by atoms with Gasteiger partial charge in [-0.2, -0.15) is 0 Å². The Kier molecular flexibility index (Phi) is 9.36. The van der Waals surface area contributed by atoms with Gasteiger partial charge in [0.1, 0.15) is 23.9 Å². The second-order valence-corrected chi connectivity index (χ2v) is 8.30. The molecule has 12 heteroatoms. The Morgan fingerprint density at radius 2 is 1.76 bits per heavy atom. The Bertz CT molecular complexity index is 921. The van der Waals surface area contributed by atoms with Gasteiger partial charge < -0.3 is 37.2 Å². The maximum absolute atomic E-state index is 12.8. The van der Waals surface area contributed by atoms with E-state index in [2.05, 4.69) is 10.6 Å². The van der Waals surface area contributed by atoms with E-state index in [-0.39, 0.29) is 31.6 Å². The molecular formula is C22H31N5O7. The largest absolute Gasteiger partial charge is 0.508 e. The Morgan fingerprint density at radius 1 is 1.12 bits per heavy atom. The Morgan fingerprint density at radius 3 is 2.35 bits per heavy atom. The number of phenols is 1. The number of likely N-dealkylation sites (tertiary alicyclic amines) is 1. The van der Waals surface area contributed by atoms with Crippen LogP contribution in [-0.4, -0.2) is 75.4 Å². The van der Waals surface area contributed by atoms with Crippen LogP contribution in [0.5, 0.6) is 5.75 Å². The van der Waals surface area contributed by atoms with Gasteiger partial charge >= 0.3 is 5.97 Å². The minimum absolute atomic E-state index is 0.0669. The highest BCUT2D eigenvalue weighted by Gasteiger charge is 2.37. The number of nitrogens with zero attached hydrogens (tertiary/aromatic N) is 1. The summed E-state index contributed by atoms with van der Waals surface area (Å²) in [6.07, 6.45) is 0.705. The molecule has 1 aromatic rings. The third-order valence-electron chi connectivity index (χ3n) is 5.59. The molecular weight excluding hydrogens is 446 g/mol. The van der Waals surface area contributed by atoms with Gasteiger partial charge in [0.05, 0.1) is 6.04 Å². The first-order chi connectivity index (χ1) is 16.0. The normalized spacial score (nSPS) is 17.9. The van der Waals surface area contributed by atoms with Crippen molar-refractivity contribution in [3.8, 4) is 5.75 Å². The van der Waals surface area contributed by atoms with Crippen molar-refractivity contribution in [2.45, 2.75) is 63.2 Å². The number of carboxylic acid groups (broad SMARTS) is 1. The molecule has 2 rings (SSSR count). The molecule has 8 N–H and O–H groups in total. The van der Waals surface area contributed by atoms with Gasteiger partial charge in [-0.05, 0) is 50.3 Å². The second kappa shape index (κ2) is 12.0. The highest BCUT2D eigenvalue weighted by molar-refractivity contribution is 5.94. The third-order valence-corrected chi connectivity index (χ3v) is 5.59. The van der Waals surface area contributed by atoms with Crippen molar-refractivity contribution >= 4 is 29.6 Å². The summed E-state index contributed by atoms with van der Waals surface area (Å²) in [5.74, 6) is -3.65. The zero-order valence-electron chi connectivity index (χ0n) is 18.9. The summed E-state index contributed by atoms with van der Waals surface area (Å²) in [4.78, 5) is 61.9. The number of primary amides is 1. The fourth-order valence-corrected chi connectivity index (χ4v) is 3.72. The second-order valence-electron chi connectivity index (χ2n) is 8.30. The highest BCUT2D eigenvalue weighted by atomic mass is 16.4. The highest BCUT2D eigenvalue weighted by Crippen LogP contribution is 2.18. The molecule has 0 spiro atoms. The molecule has 1 heterocycles. The first kappa shape index (κ1) is 26.6. The lowest BCUT2D eigenvalue weighted by molar-refractivity contribution is -0.149. The van der Waals surface area contributed by atoms with Gasteiger partial charge in [0.25, 0.3) is 0 Å². The van der Waals surface area contributed by atoms with Gasteiger partial charge in [-0.15, -0.1) is 0 Å². The molecule has 1 aromatic carbocycles. The van der Waals surface area contributed by atoms with Gasteiger partial charge in [0.15, 0.2) is 0 Å². The lowest BCUT2D eigenvalue weighted by Gasteiger charge is -2.27. The Labute approximate surface area is 196 Å². The fourth-order valence-electron chi connectivity index (χ4n) is 3.72. The lowest BCUT2D eigenvalue weighted by Crippen LogP contribution is -2.56. The maximum atomic E-state index is 12.8. The van der Waals surface area contributed by atoms with E-state index in [4.69, 9.17) is 11.5 Å². The summed E-state index contributed by atoms with van der Waals surface area (Å²) >= 11 is 0. The Hall–Kier alpha value is -3.67. The number of hydrogen-bond acceptors (Lipinski definition) is 7. The number of carbonyl (C=O) groups excluding carboxylic acids is 4. The van der Waals surface area contributed by atoms with Crippen molar-refractivity contribution < 1.29 is 34.2 Å². The quantitative estimate of drug-likeness (QED) is 0.223. The smallest absolute Gasteiger partial charge is 0.326 e. The molecule has 1 fully saturated rings. The van der Waals surface area contributed by atoms with Crippen molar-refractivity contribution in [1.82, 2.24) is 15.5 Å². The van der Waals surface area contributed by atoms with Crippen molar-refractivity contribution in [3.05, 3.63) is 29.8 Å².